The van der Waals surface area contributed by atoms with Gasteiger partial charge in [-0.25, -0.2) is 0 Å². The van der Waals surface area contributed by atoms with Crippen LogP contribution in [0.4, 0.5) is 34.1 Å². The van der Waals surface area contributed by atoms with E-state index in [9.17, 15) is 0 Å². The van der Waals surface area contributed by atoms with Crippen LogP contribution in [0.15, 0.2) is 182 Å². The third kappa shape index (κ3) is 5.33. The molecule has 0 spiro atoms. The molecule has 0 atom stereocenters. The number of nitrogens with zero attached hydrogens (tertiary/aromatic N) is 2. The quantitative estimate of drug-likeness (QED) is 0.166. The lowest BCUT2D eigenvalue weighted by Gasteiger charge is -2.30. The molecule has 2 heteroatoms. The van der Waals surface area contributed by atoms with Crippen LogP contribution in [0.2, 0.25) is 0 Å². The zero-order valence-corrected chi connectivity index (χ0v) is 35.2. The summed E-state index contributed by atoms with van der Waals surface area (Å²) < 4.78 is 0. The van der Waals surface area contributed by atoms with E-state index in [4.69, 9.17) is 0 Å². The van der Waals surface area contributed by atoms with E-state index in [0.29, 0.717) is 0 Å². The Morgan fingerprint density at radius 2 is 0.667 bits per heavy atom. The molecule has 0 saturated heterocycles. The number of rotatable bonds is 6. The molecule has 0 aliphatic heterocycles. The van der Waals surface area contributed by atoms with Crippen LogP contribution in [-0.2, 0) is 10.8 Å². The number of aryl methyl sites for hydroxylation is 2. The Balaban J connectivity index is 1.14. The number of fused-ring (bicyclic) bond motifs is 10. The van der Waals surface area contributed by atoms with Crippen molar-refractivity contribution in [3.8, 4) is 22.3 Å². The molecule has 2 nitrogen and oxygen atoms in total. The van der Waals surface area contributed by atoms with Gasteiger partial charge >= 0.3 is 0 Å². The molecule has 60 heavy (non-hydrogen) atoms. The first-order valence-electron chi connectivity index (χ1n) is 21.3. The van der Waals surface area contributed by atoms with E-state index in [1.54, 1.807) is 0 Å². The van der Waals surface area contributed by atoms with Gasteiger partial charge in [0.1, 0.15) is 0 Å². The molecule has 0 unspecified atom stereocenters. The summed E-state index contributed by atoms with van der Waals surface area (Å²) >= 11 is 0. The second-order valence-corrected chi connectivity index (χ2v) is 17.9. The third-order valence-corrected chi connectivity index (χ3v) is 13.5. The molecule has 0 aromatic heterocycles. The number of hydrogen-bond donors (Lipinski definition) is 0. The molecule has 9 aromatic carbocycles. The minimum absolute atomic E-state index is 0.245. The molecule has 11 rings (SSSR count). The van der Waals surface area contributed by atoms with E-state index in [1.165, 1.54) is 88.6 Å². The summed E-state index contributed by atoms with van der Waals surface area (Å²) in [5.41, 5.74) is 20.0. The van der Waals surface area contributed by atoms with Gasteiger partial charge in [0.05, 0.1) is 11.4 Å². The van der Waals surface area contributed by atoms with E-state index < -0.39 is 0 Å². The van der Waals surface area contributed by atoms with E-state index in [1.807, 2.05) is 0 Å². The van der Waals surface area contributed by atoms with Crippen LogP contribution in [0, 0.1) is 13.8 Å². The Hall–Kier alpha value is -6.90. The molecule has 0 N–H and O–H groups in total. The molecular weight excluding hydrogens is 725 g/mol. The van der Waals surface area contributed by atoms with Crippen molar-refractivity contribution in [2.75, 3.05) is 9.80 Å². The number of hydrogen-bond acceptors (Lipinski definition) is 2. The normalized spacial score (nSPS) is 14.1. The van der Waals surface area contributed by atoms with Crippen molar-refractivity contribution < 1.29 is 0 Å². The van der Waals surface area contributed by atoms with Gasteiger partial charge in [0.2, 0.25) is 0 Å². The molecule has 2 aliphatic carbocycles. The first-order chi connectivity index (χ1) is 29.1. The van der Waals surface area contributed by atoms with Crippen LogP contribution >= 0.6 is 0 Å². The monoisotopic (exact) mass is 772 g/mol. The van der Waals surface area contributed by atoms with E-state index >= 15 is 0 Å². The summed E-state index contributed by atoms with van der Waals surface area (Å²) in [5.74, 6) is 0. The standard InChI is InChI=1S/C58H48N2/c1-37-19-17-25-41(31-37)59(39-21-9-7-10-22-39)53-35-51-55(45-29-15-13-27-43(45)53)47-33-50-48(34-49(47)57(51,3)4)56-46-30-16-14-28-44(46)54(36-52(56)58(50,5)6)60(40-23-11-8-12-24-40)42-26-18-20-38(2)32-42/h7-36H,1-6H3. The highest BCUT2D eigenvalue weighted by atomic mass is 15.1. The van der Waals surface area contributed by atoms with Crippen LogP contribution < -0.4 is 9.80 Å². The molecular formula is C58H48N2. The van der Waals surface area contributed by atoms with Gasteiger partial charge in [0, 0.05) is 44.4 Å². The van der Waals surface area contributed by atoms with E-state index in [0.717, 1.165) is 22.7 Å². The SMILES string of the molecule is Cc1cccc(N(c2ccccc2)c2cc3c(c4ccccc24)-c2cc4c(cc2C3(C)C)-c2c(cc(N(c3ccccc3)c3cccc(C)c3)c3ccccc23)C4(C)C)c1. The van der Waals surface area contributed by atoms with Crippen molar-refractivity contribution in [1.29, 1.82) is 0 Å². The Labute approximate surface area is 354 Å². The predicted octanol–water partition coefficient (Wildman–Crippen LogP) is 16.2. The Morgan fingerprint density at radius 3 is 1.05 bits per heavy atom. The topological polar surface area (TPSA) is 6.48 Å². The summed E-state index contributed by atoms with van der Waals surface area (Å²) in [7, 11) is 0. The van der Waals surface area contributed by atoms with Crippen LogP contribution in [0.25, 0.3) is 43.8 Å². The molecule has 290 valence electrons. The second-order valence-electron chi connectivity index (χ2n) is 17.9. The highest BCUT2D eigenvalue weighted by Gasteiger charge is 2.44. The lowest BCUT2D eigenvalue weighted by Crippen LogP contribution is -2.18. The van der Waals surface area contributed by atoms with Gasteiger partial charge in [-0.05, 0) is 153 Å². The Morgan fingerprint density at radius 1 is 0.317 bits per heavy atom. The van der Waals surface area contributed by atoms with Crippen molar-refractivity contribution in [2.24, 2.45) is 0 Å². The van der Waals surface area contributed by atoms with Crippen molar-refractivity contribution in [2.45, 2.75) is 52.4 Å². The minimum Gasteiger partial charge on any atom is -0.310 e. The number of para-hydroxylation sites is 2. The first kappa shape index (κ1) is 36.2. The molecule has 0 radical (unpaired) electrons. The summed E-state index contributed by atoms with van der Waals surface area (Å²) in [6, 6.07) is 67.7. The van der Waals surface area contributed by atoms with Gasteiger partial charge in [-0.1, -0.05) is 137 Å². The maximum atomic E-state index is 2.57. The van der Waals surface area contributed by atoms with Gasteiger partial charge in [-0.3, -0.25) is 0 Å². The minimum atomic E-state index is -0.245. The second kappa shape index (κ2) is 13.3. The molecule has 0 heterocycles. The summed E-state index contributed by atoms with van der Waals surface area (Å²) in [4.78, 5) is 4.90. The van der Waals surface area contributed by atoms with E-state index in [-0.39, 0.29) is 10.8 Å². The molecule has 0 amide bonds. The van der Waals surface area contributed by atoms with Gasteiger partial charge in [-0.15, -0.1) is 0 Å². The van der Waals surface area contributed by atoms with Crippen LogP contribution in [-0.4, -0.2) is 0 Å². The van der Waals surface area contributed by atoms with Gasteiger partial charge in [-0.2, -0.15) is 0 Å². The fourth-order valence-electron chi connectivity index (χ4n) is 10.5. The maximum absolute atomic E-state index is 2.57. The largest absolute Gasteiger partial charge is 0.310 e. The molecule has 9 aromatic rings. The van der Waals surface area contributed by atoms with Crippen LogP contribution in [0.3, 0.4) is 0 Å². The smallest absolute Gasteiger partial charge is 0.0543 e. The van der Waals surface area contributed by atoms with Crippen molar-refractivity contribution in [3.05, 3.63) is 215 Å². The molecule has 0 saturated carbocycles. The maximum Gasteiger partial charge on any atom is 0.0543 e. The third-order valence-electron chi connectivity index (χ3n) is 13.5. The zero-order chi connectivity index (χ0) is 40.9. The van der Waals surface area contributed by atoms with Crippen LogP contribution in [0.1, 0.15) is 61.1 Å². The highest BCUT2D eigenvalue weighted by Crippen LogP contribution is 2.60. The Kier molecular flexibility index (Phi) is 8.03. The average Bonchev–Trinajstić information content (AvgIpc) is 3.62. The highest BCUT2D eigenvalue weighted by molar-refractivity contribution is 6.13. The van der Waals surface area contributed by atoms with Gasteiger partial charge < -0.3 is 9.80 Å². The predicted molar refractivity (Wildman–Crippen MR) is 255 cm³/mol. The van der Waals surface area contributed by atoms with E-state index in [2.05, 4.69) is 233 Å². The number of benzene rings is 9. The first-order valence-corrected chi connectivity index (χ1v) is 21.3. The summed E-state index contributed by atoms with van der Waals surface area (Å²) in [5, 5.41) is 5.09. The van der Waals surface area contributed by atoms with Crippen molar-refractivity contribution >= 4 is 55.7 Å². The fraction of sp³-hybridized carbons (Fsp3) is 0.138. The fourth-order valence-corrected chi connectivity index (χ4v) is 10.5. The lowest BCUT2D eigenvalue weighted by molar-refractivity contribution is 0.652. The molecule has 0 bridgehead atoms. The van der Waals surface area contributed by atoms with Gasteiger partial charge in [0.25, 0.3) is 0 Å². The van der Waals surface area contributed by atoms with Crippen molar-refractivity contribution in [3.63, 3.8) is 0 Å². The average molecular weight is 773 g/mol. The zero-order valence-electron chi connectivity index (χ0n) is 35.2. The summed E-state index contributed by atoms with van der Waals surface area (Å²) in [6.07, 6.45) is 0. The lowest BCUT2D eigenvalue weighted by atomic mass is 9.79. The summed E-state index contributed by atoms with van der Waals surface area (Å²) in [6.45, 7) is 14.1. The van der Waals surface area contributed by atoms with Crippen LogP contribution in [0.5, 0.6) is 0 Å². The number of anilines is 6. The van der Waals surface area contributed by atoms with Crippen molar-refractivity contribution in [1.82, 2.24) is 0 Å². The Bertz CT molecular complexity index is 2960. The van der Waals surface area contributed by atoms with Gasteiger partial charge in [0.15, 0.2) is 0 Å². The molecule has 0 fully saturated rings. The molecule has 2 aliphatic rings.